The van der Waals surface area contributed by atoms with E-state index in [1.54, 1.807) is 25.1 Å². The molecule has 168 valence electrons. The van der Waals surface area contributed by atoms with Crippen LogP contribution in [0.4, 0.5) is 11.4 Å². The zero-order valence-corrected chi connectivity index (χ0v) is 18.8. The molecule has 0 aromatic heterocycles. The third kappa shape index (κ3) is 5.55. The van der Waals surface area contributed by atoms with Gasteiger partial charge in [0.15, 0.2) is 21.3 Å². The molecule has 0 aliphatic rings. The molecule has 3 aromatic rings. The highest BCUT2D eigenvalue weighted by molar-refractivity contribution is 7.90. The highest BCUT2D eigenvalue weighted by Gasteiger charge is 2.21. The van der Waals surface area contributed by atoms with E-state index in [1.807, 2.05) is 42.5 Å². The summed E-state index contributed by atoms with van der Waals surface area (Å²) in [6, 6.07) is 19.1. The van der Waals surface area contributed by atoms with Gasteiger partial charge >= 0.3 is 0 Å². The Morgan fingerprint density at radius 2 is 1.69 bits per heavy atom. The molecular formula is C23H24N2O6S. The van der Waals surface area contributed by atoms with Gasteiger partial charge in [-0.1, -0.05) is 36.4 Å². The van der Waals surface area contributed by atoms with Crippen molar-refractivity contribution in [1.29, 1.82) is 0 Å². The zero-order valence-electron chi connectivity index (χ0n) is 18.0. The summed E-state index contributed by atoms with van der Waals surface area (Å²) in [5.74, 6) is 1.14. The van der Waals surface area contributed by atoms with E-state index in [0.29, 0.717) is 30.3 Å². The Balaban J connectivity index is 1.80. The molecule has 0 amide bonds. The number of anilines is 1. The van der Waals surface area contributed by atoms with Crippen LogP contribution in [0, 0.1) is 10.1 Å². The molecule has 0 heterocycles. The molecule has 0 atom stereocenters. The Labute approximate surface area is 187 Å². The normalized spacial score (nSPS) is 11.1. The van der Waals surface area contributed by atoms with Gasteiger partial charge < -0.3 is 14.4 Å². The van der Waals surface area contributed by atoms with Crippen LogP contribution in [0.5, 0.6) is 11.5 Å². The molecule has 3 rings (SSSR count). The first-order valence-corrected chi connectivity index (χ1v) is 11.6. The molecule has 0 saturated carbocycles. The molecule has 0 unspecified atom stereocenters. The van der Waals surface area contributed by atoms with Crippen molar-refractivity contribution in [1.82, 2.24) is 0 Å². The van der Waals surface area contributed by atoms with E-state index in [-0.39, 0.29) is 10.6 Å². The lowest BCUT2D eigenvalue weighted by atomic mass is 10.1. The summed E-state index contributed by atoms with van der Waals surface area (Å²) in [7, 11) is -0.301. The van der Waals surface area contributed by atoms with Crippen molar-refractivity contribution in [3.8, 4) is 11.5 Å². The molecule has 9 heteroatoms. The lowest BCUT2D eigenvalue weighted by Gasteiger charge is -2.20. The SMILES string of the molecule is COc1cc(CN(C)c2ccc(S(C)(=O)=O)cc2[N+](=O)[O-])ccc1OCc1ccccc1. The second-order valence-electron chi connectivity index (χ2n) is 7.30. The van der Waals surface area contributed by atoms with Crippen LogP contribution in [-0.4, -0.2) is 33.8 Å². The van der Waals surface area contributed by atoms with Crippen LogP contribution in [0.25, 0.3) is 0 Å². The van der Waals surface area contributed by atoms with Crippen molar-refractivity contribution in [3.63, 3.8) is 0 Å². The average Bonchev–Trinajstić information content (AvgIpc) is 2.77. The lowest BCUT2D eigenvalue weighted by Crippen LogP contribution is -2.18. The summed E-state index contributed by atoms with van der Waals surface area (Å²) in [6.45, 7) is 0.740. The molecule has 32 heavy (non-hydrogen) atoms. The summed E-state index contributed by atoms with van der Waals surface area (Å²) in [5.41, 5.74) is 1.91. The van der Waals surface area contributed by atoms with E-state index in [1.165, 1.54) is 12.1 Å². The van der Waals surface area contributed by atoms with Crippen LogP contribution in [0.15, 0.2) is 71.6 Å². The van der Waals surface area contributed by atoms with Gasteiger partial charge in [-0.15, -0.1) is 0 Å². The first kappa shape index (κ1) is 23.1. The Kier molecular flexibility index (Phi) is 6.99. The summed E-state index contributed by atoms with van der Waals surface area (Å²) in [4.78, 5) is 12.5. The molecule has 0 N–H and O–H groups in total. The third-order valence-corrected chi connectivity index (χ3v) is 5.98. The van der Waals surface area contributed by atoms with Crippen molar-refractivity contribution in [3.05, 3.63) is 88.0 Å². The van der Waals surface area contributed by atoms with Crippen LogP contribution in [0.2, 0.25) is 0 Å². The van der Waals surface area contributed by atoms with E-state index in [9.17, 15) is 18.5 Å². The maximum atomic E-state index is 11.8. The van der Waals surface area contributed by atoms with E-state index >= 15 is 0 Å². The highest BCUT2D eigenvalue weighted by Crippen LogP contribution is 2.33. The van der Waals surface area contributed by atoms with E-state index in [0.717, 1.165) is 23.4 Å². The topological polar surface area (TPSA) is 99.0 Å². The van der Waals surface area contributed by atoms with Crippen molar-refractivity contribution < 1.29 is 22.8 Å². The number of nitro benzene ring substituents is 1. The molecule has 0 radical (unpaired) electrons. The molecule has 3 aromatic carbocycles. The van der Waals surface area contributed by atoms with Crippen molar-refractivity contribution in [2.45, 2.75) is 18.0 Å². The van der Waals surface area contributed by atoms with E-state index in [2.05, 4.69) is 0 Å². The minimum atomic E-state index is -3.55. The van der Waals surface area contributed by atoms with Gasteiger partial charge in [0.2, 0.25) is 0 Å². The molecule has 0 saturated heterocycles. The number of ether oxygens (including phenoxy) is 2. The molecule has 0 bridgehead atoms. The summed E-state index contributed by atoms with van der Waals surface area (Å²) < 4.78 is 34.9. The fraction of sp³-hybridized carbons (Fsp3) is 0.217. The quantitative estimate of drug-likeness (QED) is 0.351. The summed E-state index contributed by atoms with van der Waals surface area (Å²) >= 11 is 0. The van der Waals surface area contributed by atoms with Gasteiger partial charge in [0.05, 0.1) is 16.9 Å². The Hall–Kier alpha value is -3.59. The number of sulfone groups is 1. The number of rotatable bonds is 9. The average molecular weight is 457 g/mol. The fourth-order valence-electron chi connectivity index (χ4n) is 3.23. The van der Waals surface area contributed by atoms with Gasteiger partial charge in [-0.05, 0) is 35.4 Å². The number of nitrogens with zero attached hydrogens (tertiary/aromatic N) is 2. The molecule has 0 spiro atoms. The van der Waals surface area contributed by atoms with Gasteiger partial charge in [0.25, 0.3) is 5.69 Å². The zero-order chi connectivity index (χ0) is 23.3. The number of nitro groups is 1. The van der Waals surface area contributed by atoms with Crippen LogP contribution in [0.1, 0.15) is 11.1 Å². The molecule has 0 fully saturated rings. The first-order valence-electron chi connectivity index (χ1n) is 9.72. The number of methoxy groups -OCH3 is 1. The van der Waals surface area contributed by atoms with Gasteiger partial charge in [0.1, 0.15) is 12.3 Å². The maximum absolute atomic E-state index is 11.8. The molecule has 0 aliphatic heterocycles. The van der Waals surface area contributed by atoms with Crippen molar-refractivity contribution >= 4 is 21.2 Å². The van der Waals surface area contributed by atoms with Crippen LogP contribution in [0.3, 0.4) is 0 Å². The second-order valence-corrected chi connectivity index (χ2v) is 9.31. The Morgan fingerprint density at radius 3 is 2.31 bits per heavy atom. The lowest BCUT2D eigenvalue weighted by molar-refractivity contribution is -0.384. The largest absolute Gasteiger partial charge is 0.493 e. The highest BCUT2D eigenvalue weighted by atomic mass is 32.2. The summed E-state index contributed by atoms with van der Waals surface area (Å²) in [6.07, 6.45) is 1.02. The number of hydrogen-bond donors (Lipinski definition) is 0. The molecule has 8 nitrogen and oxygen atoms in total. The fourth-order valence-corrected chi connectivity index (χ4v) is 3.87. The van der Waals surface area contributed by atoms with E-state index < -0.39 is 14.8 Å². The second kappa shape index (κ2) is 9.69. The smallest absolute Gasteiger partial charge is 0.293 e. The Bertz CT molecular complexity index is 1210. The maximum Gasteiger partial charge on any atom is 0.293 e. The summed E-state index contributed by atoms with van der Waals surface area (Å²) in [5, 5.41) is 11.5. The van der Waals surface area contributed by atoms with Crippen molar-refractivity contribution in [2.75, 3.05) is 25.3 Å². The van der Waals surface area contributed by atoms with Crippen LogP contribution >= 0.6 is 0 Å². The number of benzene rings is 3. The van der Waals surface area contributed by atoms with Gasteiger partial charge in [0, 0.05) is 25.9 Å². The van der Waals surface area contributed by atoms with Gasteiger partial charge in [-0.25, -0.2) is 8.42 Å². The molecular weight excluding hydrogens is 432 g/mol. The van der Waals surface area contributed by atoms with Gasteiger partial charge in [-0.2, -0.15) is 0 Å². The first-order chi connectivity index (χ1) is 15.2. The molecule has 0 aliphatic carbocycles. The number of hydrogen-bond acceptors (Lipinski definition) is 7. The third-order valence-electron chi connectivity index (χ3n) is 4.87. The van der Waals surface area contributed by atoms with Gasteiger partial charge in [-0.3, -0.25) is 10.1 Å². The monoisotopic (exact) mass is 456 g/mol. The van der Waals surface area contributed by atoms with Crippen LogP contribution in [-0.2, 0) is 23.0 Å². The minimum Gasteiger partial charge on any atom is -0.493 e. The predicted octanol–water partition coefficient (Wildman–Crippen LogP) is 4.22. The standard InChI is InChI=1S/C23H24N2O6S/c1-24(20-11-10-19(32(3,28)29)14-21(20)25(26)27)15-18-9-12-22(23(13-18)30-2)31-16-17-7-5-4-6-8-17/h4-14H,15-16H2,1-3H3. The predicted molar refractivity (Wildman–Crippen MR) is 122 cm³/mol. The minimum absolute atomic E-state index is 0.0945. The van der Waals surface area contributed by atoms with E-state index in [4.69, 9.17) is 9.47 Å². The Morgan fingerprint density at radius 1 is 0.969 bits per heavy atom. The van der Waals surface area contributed by atoms with Crippen molar-refractivity contribution in [2.24, 2.45) is 0 Å². The van der Waals surface area contributed by atoms with Crippen LogP contribution < -0.4 is 14.4 Å².